The van der Waals surface area contributed by atoms with Crippen molar-refractivity contribution < 1.29 is 14.6 Å². The van der Waals surface area contributed by atoms with Gasteiger partial charge in [0.2, 0.25) is 6.79 Å². The Morgan fingerprint density at radius 1 is 1.40 bits per heavy atom. The van der Waals surface area contributed by atoms with Gasteiger partial charge in [-0.1, -0.05) is 0 Å². The van der Waals surface area contributed by atoms with Crippen molar-refractivity contribution in [2.24, 2.45) is 5.73 Å². The van der Waals surface area contributed by atoms with Crippen LogP contribution in [0.2, 0.25) is 0 Å². The maximum Gasteiger partial charge on any atom is 0.231 e. The van der Waals surface area contributed by atoms with Gasteiger partial charge >= 0.3 is 0 Å². The van der Waals surface area contributed by atoms with Crippen LogP contribution in [0.3, 0.4) is 0 Å². The van der Waals surface area contributed by atoms with Gasteiger partial charge < -0.3 is 25.6 Å². The number of nitrogens with two attached hydrogens (primary N) is 1. The molecule has 2 aromatic rings. The number of nitrogens with one attached hydrogen (secondary N) is 1. The van der Waals surface area contributed by atoms with Gasteiger partial charge in [0.05, 0.1) is 6.10 Å². The Hall–Kier alpha value is -2.05. The molecule has 1 aliphatic heterocycles. The summed E-state index contributed by atoms with van der Waals surface area (Å²) < 4.78 is 10.7. The topological polar surface area (TPSA) is 89.6 Å². The highest BCUT2D eigenvalue weighted by Gasteiger charge is 2.16. The normalized spacial score (nSPS) is 16.1. The number of aliphatic hydroxyl groups is 1. The molecule has 1 aromatic heterocycles. The van der Waals surface area contributed by atoms with E-state index in [0.717, 1.165) is 22.3 Å². The number of ether oxygens (including phenoxy) is 2. The number of anilines is 1. The molecular weight excluding hydrogens is 258 g/mol. The van der Waals surface area contributed by atoms with Gasteiger partial charge in [-0.3, -0.25) is 0 Å². The van der Waals surface area contributed by atoms with E-state index in [1.807, 2.05) is 18.2 Å². The zero-order valence-corrected chi connectivity index (χ0v) is 11.2. The monoisotopic (exact) mass is 275 g/mol. The fourth-order valence-corrected chi connectivity index (χ4v) is 2.09. The summed E-state index contributed by atoms with van der Waals surface area (Å²) in [5.74, 6) is 2.18. The molecule has 6 heteroatoms. The van der Waals surface area contributed by atoms with Crippen LogP contribution in [0.1, 0.15) is 6.92 Å². The summed E-state index contributed by atoms with van der Waals surface area (Å²) in [6.45, 7) is 2.36. The molecule has 0 bridgehead atoms. The fourth-order valence-electron chi connectivity index (χ4n) is 2.09. The van der Waals surface area contributed by atoms with Crippen LogP contribution in [-0.2, 0) is 0 Å². The molecule has 0 spiro atoms. The Morgan fingerprint density at radius 3 is 2.90 bits per heavy atom. The van der Waals surface area contributed by atoms with E-state index in [0.29, 0.717) is 12.3 Å². The minimum Gasteiger partial charge on any atom is -0.454 e. The Labute approximate surface area is 116 Å². The second kappa shape index (κ2) is 5.15. The van der Waals surface area contributed by atoms with Crippen molar-refractivity contribution in [3.8, 4) is 11.5 Å². The van der Waals surface area contributed by atoms with Crippen molar-refractivity contribution in [3.05, 3.63) is 24.4 Å². The van der Waals surface area contributed by atoms with E-state index in [1.165, 1.54) is 0 Å². The standard InChI is InChI=1S/C14H17N3O3/c1-8(18)11(15)6-17-14-10-5-13-12(19-7-20-13)4-9(10)2-3-16-14/h2-5,8,11,18H,6-7,15H2,1H3,(H,16,17). The van der Waals surface area contributed by atoms with E-state index in [1.54, 1.807) is 13.1 Å². The van der Waals surface area contributed by atoms with Gasteiger partial charge in [0.15, 0.2) is 11.5 Å². The first-order valence-corrected chi connectivity index (χ1v) is 6.51. The SMILES string of the molecule is CC(O)C(N)CNc1nccc2cc3c(cc12)OCO3. The van der Waals surface area contributed by atoms with Gasteiger partial charge in [0, 0.05) is 24.2 Å². The molecule has 2 atom stereocenters. The quantitative estimate of drug-likeness (QED) is 0.773. The van der Waals surface area contributed by atoms with Crippen LogP contribution in [0.15, 0.2) is 24.4 Å². The first-order valence-electron chi connectivity index (χ1n) is 6.51. The van der Waals surface area contributed by atoms with E-state index >= 15 is 0 Å². The van der Waals surface area contributed by atoms with Gasteiger partial charge in [-0.05, 0) is 30.5 Å². The molecule has 2 heterocycles. The highest BCUT2D eigenvalue weighted by Crippen LogP contribution is 2.37. The number of aromatic nitrogens is 1. The van der Waals surface area contributed by atoms with Crippen molar-refractivity contribution in [1.82, 2.24) is 4.98 Å². The minimum atomic E-state index is -0.571. The third kappa shape index (κ3) is 2.35. The lowest BCUT2D eigenvalue weighted by Crippen LogP contribution is -2.38. The zero-order valence-electron chi connectivity index (χ0n) is 11.2. The molecule has 0 saturated carbocycles. The molecule has 106 valence electrons. The molecular formula is C14H17N3O3. The molecule has 3 rings (SSSR count). The molecule has 0 radical (unpaired) electrons. The number of pyridine rings is 1. The first kappa shape index (κ1) is 13.0. The van der Waals surface area contributed by atoms with Crippen molar-refractivity contribution in [3.63, 3.8) is 0 Å². The van der Waals surface area contributed by atoms with E-state index < -0.39 is 6.10 Å². The summed E-state index contributed by atoms with van der Waals surface area (Å²) in [5, 5.41) is 14.5. The summed E-state index contributed by atoms with van der Waals surface area (Å²) in [5.41, 5.74) is 5.81. The number of hydrogen-bond donors (Lipinski definition) is 3. The van der Waals surface area contributed by atoms with E-state index in [9.17, 15) is 5.11 Å². The molecule has 0 amide bonds. The van der Waals surface area contributed by atoms with Crippen molar-refractivity contribution >= 4 is 16.6 Å². The maximum atomic E-state index is 9.42. The third-order valence-electron chi connectivity index (χ3n) is 3.38. The van der Waals surface area contributed by atoms with Crippen molar-refractivity contribution in [2.45, 2.75) is 19.1 Å². The highest BCUT2D eigenvalue weighted by molar-refractivity contribution is 5.94. The molecule has 6 nitrogen and oxygen atoms in total. The number of benzene rings is 1. The second-order valence-corrected chi connectivity index (χ2v) is 4.87. The molecule has 0 fully saturated rings. The first-order chi connectivity index (χ1) is 9.65. The molecule has 0 aliphatic carbocycles. The Bertz CT molecular complexity index is 630. The lowest BCUT2D eigenvalue weighted by atomic mass is 10.1. The third-order valence-corrected chi connectivity index (χ3v) is 3.38. The number of rotatable bonds is 4. The Balaban J connectivity index is 1.91. The fraction of sp³-hybridized carbons (Fsp3) is 0.357. The Kier molecular flexibility index (Phi) is 3.33. The second-order valence-electron chi connectivity index (χ2n) is 4.87. The van der Waals surface area contributed by atoms with Gasteiger partial charge in [0.25, 0.3) is 0 Å². The molecule has 1 aliphatic rings. The van der Waals surface area contributed by atoms with Crippen LogP contribution in [-0.4, -0.2) is 35.6 Å². The van der Waals surface area contributed by atoms with Crippen LogP contribution in [0.5, 0.6) is 11.5 Å². The number of fused-ring (bicyclic) bond motifs is 2. The van der Waals surface area contributed by atoms with Gasteiger partial charge in [-0.25, -0.2) is 4.98 Å². The Morgan fingerprint density at radius 2 is 2.15 bits per heavy atom. The zero-order chi connectivity index (χ0) is 14.1. The summed E-state index contributed by atoms with van der Waals surface area (Å²) in [7, 11) is 0. The van der Waals surface area contributed by atoms with E-state index in [-0.39, 0.29) is 12.8 Å². The van der Waals surface area contributed by atoms with Gasteiger partial charge in [-0.2, -0.15) is 0 Å². The van der Waals surface area contributed by atoms with Gasteiger partial charge in [0.1, 0.15) is 5.82 Å². The van der Waals surface area contributed by atoms with Crippen LogP contribution in [0, 0.1) is 0 Å². The lowest BCUT2D eigenvalue weighted by Gasteiger charge is -2.16. The summed E-state index contributed by atoms with van der Waals surface area (Å²) >= 11 is 0. The van der Waals surface area contributed by atoms with E-state index in [4.69, 9.17) is 15.2 Å². The van der Waals surface area contributed by atoms with Crippen LogP contribution in [0.25, 0.3) is 10.8 Å². The molecule has 2 unspecified atom stereocenters. The number of nitrogens with zero attached hydrogens (tertiary/aromatic N) is 1. The average Bonchev–Trinajstić information content (AvgIpc) is 2.89. The molecule has 1 aromatic carbocycles. The predicted octanol–water partition coefficient (Wildman–Crippen LogP) is 1.08. The van der Waals surface area contributed by atoms with Crippen LogP contribution in [0.4, 0.5) is 5.82 Å². The van der Waals surface area contributed by atoms with Gasteiger partial charge in [-0.15, -0.1) is 0 Å². The number of hydrogen-bond acceptors (Lipinski definition) is 6. The minimum absolute atomic E-state index is 0.245. The largest absolute Gasteiger partial charge is 0.454 e. The lowest BCUT2D eigenvalue weighted by molar-refractivity contribution is 0.168. The van der Waals surface area contributed by atoms with Crippen LogP contribution < -0.4 is 20.5 Å². The smallest absolute Gasteiger partial charge is 0.231 e. The molecule has 0 saturated heterocycles. The molecule has 20 heavy (non-hydrogen) atoms. The van der Waals surface area contributed by atoms with Crippen molar-refractivity contribution in [1.29, 1.82) is 0 Å². The maximum absolute atomic E-state index is 9.42. The summed E-state index contributed by atoms with van der Waals surface area (Å²) in [6, 6.07) is 5.40. The predicted molar refractivity (Wildman–Crippen MR) is 76.0 cm³/mol. The average molecular weight is 275 g/mol. The number of aliphatic hydroxyl groups excluding tert-OH is 1. The summed E-state index contributed by atoms with van der Waals surface area (Å²) in [4.78, 5) is 4.32. The van der Waals surface area contributed by atoms with E-state index in [2.05, 4.69) is 10.3 Å². The highest BCUT2D eigenvalue weighted by atomic mass is 16.7. The van der Waals surface area contributed by atoms with Crippen LogP contribution >= 0.6 is 0 Å². The molecule has 4 N–H and O–H groups in total. The van der Waals surface area contributed by atoms with Crippen molar-refractivity contribution in [2.75, 3.05) is 18.7 Å². The summed E-state index contributed by atoms with van der Waals surface area (Å²) in [6.07, 6.45) is 1.15.